The highest BCUT2D eigenvalue weighted by Gasteiger charge is 2.21. The van der Waals surface area contributed by atoms with Crippen molar-refractivity contribution in [1.29, 1.82) is 0 Å². The quantitative estimate of drug-likeness (QED) is 0.695. The molecule has 0 N–H and O–H groups in total. The van der Waals surface area contributed by atoms with Crippen molar-refractivity contribution in [2.45, 2.75) is 25.7 Å². The van der Waals surface area contributed by atoms with Crippen molar-refractivity contribution in [3.8, 4) is 0 Å². The number of hydrogen-bond donors (Lipinski definition) is 0. The van der Waals surface area contributed by atoms with Gasteiger partial charge in [0.05, 0.1) is 5.69 Å². The first-order valence-corrected chi connectivity index (χ1v) is 6.25. The van der Waals surface area contributed by atoms with E-state index in [0.29, 0.717) is 6.42 Å². The van der Waals surface area contributed by atoms with E-state index in [2.05, 4.69) is 20.9 Å². The zero-order valence-electron chi connectivity index (χ0n) is 8.74. The van der Waals surface area contributed by atoms with Gasteiger partial charge in [-0.25, -0.2) is 4.98 Å². The molecule has 2 aromatic rings. The molecule has 0 unspecified atom stereocenters. The highest BCUT2D eigenvalue weighted by Crippen LogP contribution is 2.23. The van der Waals surface area contributed by atoms with Gasteiger partial charge < -0.3 is 0 Å². The third-order valence-corrected chi connectivity index (χ3v) is 3.46. The molecule has 3 rings (SSSR count). The largest absolute Gasteiger partial charge is 0.296 e. The summed E-state index contributed by atoms with van der Waals surface area (Å²) in [5.41, 5.74) is 2.61. The Kier molecular flexibility index (Phi) is 2.32. The van der Waals surface area contributed by atoms with Gasteiger partial charge in [0.1, 0.15) is 11.3 Å². The number of hydrogen-bond acceptors (Lipinski definition) is 2. The van der Waals surface area contributed by atoms with Crippen LogP contribution in [0.25, 0.3) is 5.65 Å². The first-order chi connectivity index (χ1) is 7.75. The van der Waals surface area contributed by atoms with Crippen LogP contribution >= 0.6 is 15.9 Å². The molecule has 16 heavy (non-hydrogen) atoms. The summed E-state index contributed by atoms with van der Waals surface area (Å²) in [7, 11) is 0. The maximum Gasteiger partial charge on any atom is 0.181 e. The zero-order valence-corrected chi connectivity index (χ0v) is 10.3. The number of ketones is 1. The summed E-state index contributed by atoms with van der Waals surface area (Å²) in [6, 6.07) is 3.89. The number of rotatable bonds is 0. The van der Waals surface area contributed by atoms with Crippen molar-refractivity contribution in [2.75, 3.05) is 0 Å². The first kappa shape index (κ1) is 10.0. The maximum atomic E-state index is 12.0. The van der Waals surface area contributed by atoms with Crippen LogP contribution in [0.1, 0.15) is 35.4 Å². The number of fused-ring (bicyclic) bond motifs is 3. The number of aryl methyl sites for hydroxylation is 1. The molecule has 0 saturated carbocycles. The van der Waals surface area contributed by atoms with Gasteiger partial charge in [-0.3, -0.25) is 9.20 Å². The van der Waals surface area contributed by atoms with E-state index >= 15 is 0 Å². The van der Waals surface area contributed by atoms with Gasteiger partial charge in [0.15, 0.2) is 5.78 Å². The number of carbonyl (C=O) groups excluding carboxylic acids is 1. The van der Waals surface area contributed by atoms with Gasteiger partial charge in [-0.15, -0.1) is 0 Å². The molecule has 2 heterocycles. The Balaban J connectivity index is 2.32. The third kappa shape index (κ3) is 1.48. The number of pyridine rings is 1. The molecule has 0 bridgehead atoms. The second-order valence-electron chi connectivity index (χ2n) is 4.11. The van der Waals surface area contributed by atoms with E-state index in [1.54, 1.807) is 0 Å². The number of nitrogens with zero attached hydrogens (tertiary/aromatic N) is 2. The lowest BCUT2D eigenvalue weighted by atomic mass is 10.2. The standard InChI is InChI=1S/C12H11BrN2O/c13-8-5-6-11-14-9-3-1-2-4-10(16)12(9)15(11)7-8/h5-7H,1-4H2. The van der Waals surface area contributed by atoms with Gasteiger partial charge >= 0.3 is 0 Å². The Labute approximate surface area is 102 Å². The fraction of sp³-hybridized carbons (Fsp3) is 0.333. The van der Waals surface area contributed by atoms with Crippen LogP contribution in [0.3, 0.4) is 0 Å². The normalized spacial score (nSPS) is 16.2. The molecule has 1 aliphatic carbocycles. The van der Waals surface area contributed by atoms with E-state index in [1.807, 2.05) is 22.7 Å². The molecule has 0 amide bonds. The predicted octanol–water partition coefficient (Wildman–Crippen LogP) is 3.01. The van der Waals surface area contributed by atoms with Crippen LogP contribution in [-0.4, -0.2) is 15.2 Å². The van der Waals surface area contributed by atoms with Gasteiger partial charge in [-0.05, 0) is 47.3 Å². The van der Waals surface area contributed by atoms with Crippen LogP contribution in [-0.2, 0) is 6.42 Å². The Morgan fingerprint density at radius 1 is 1.25 bits per heavy atom. The molecule has 82 valence electrons. The minimum atomic E-state index is 0.220. The summed E-state index contributed by atoms with van der Waals surface area (Å²) >= 11 is 3.42. The Hall–Kier alpha value is -1.16. The molecule has 0 saturated heterocycles. The molecule has 0 radical (unpaired) electrons. The Bertz CT molecular complexity index is 574. The van der Waals surface area contributed by atoms with Crippen molar-refractivity contribution in [2.24, 2.45) is 0 Å². The average Bonchev–Trinajstić information content (AvgIpc) is 2.51. The van der Waals surface area contributed by atoms with E-state index in [9.17, 15) is 4.79 Å². The minimum Gasteiger partial charge on any atom is -0.296 e. The summed E-state index contributed by atoms with van der Waals surface area (Å²) in [4.78, 5) is 16.5. The van der Waals surface area contributed by atoms with Crippen molar-refractivity contribution in [3.05, 3.63) is 34.2 Å². The second-order valence-corrected chi connectivity index (χ2v) is 5.03. The van der Waals surface area contributed by atoms with E-state index in [-0.39, 0.29) is 5.78 Å². The first-order valence-electron chi connectivity index (χ1n) is 5.45. The van der Waals surface area contributed by atoms with E-state index in [0.717, 1.165) is 40.8 Å². The SMILES string of the molecule is O=C1CCCCc2nc3ccc(Br)cn3c21. The van der Waals surface area contributed by atoms with Gasteiger partial charge in [0.25, 0.3) is 0 Å². The third-order valence-electron chi connectivity index (χ3n) is 2.99. The zero-order chi connectivity index (χ0) is 11.1. The highest BCUT2D eigenvalue weighted by molar-refractivity contribution is 9.10. The molecular formula is C12H11BrN2O. The lowest BCUT2D eigenvalue weighted by Gasteiger charge is -2.00. The van der Waals surface area contributed by atoms with E-state index in [4.69, 9.17) is 0 Å². The predicted molar refractivity (Wildman–Crippen MR) is 64.8 cm³/mol. The van der Waals surface area contributed by atoms with Crippen LogP contribution in [0, 0.1) is 0 Å². The molecule has 0 spiro atoms. The smallest absolute Gasteiger partial charge is 0.181 e. The summed E-state index contributed by atoms with van der Waals surface area (Å²) in [6.45, 7) is 0. The van der Waals surface area contributed by atoms with Crippen LogP contribution in [0.5, 0.6) is 0 Å². The average molecular weight is 279 g/mol. The van der Waals surface area contributed by atoms with E-state index in [1.165, 1.54) is 0 Å². The number of halogens is 1. The van der Waals surface area contributed by atoms with Gasteiger partial charge in [0, 0.05) is 17.1 Å². The molecule has 2 aromatic heterocycles. The molecule has 3 nitrogen and oxygen atoms in total. The van der Waals surface area contributed by atoms with Gasteiger partial charge in [-0.2, -0.15) is 0 Å². The number of carbonyl (C=O) groups is 1. The molecule has 4 heteroatoms. The van der Waals surface area contributed by atoms with Gasteiger partial charge in [-0.1, -0.05) is 0 Å². The number of aromatic nitrogens is 2. The summed E-state index contributed by atoms with van der Waals surface area (Å²) < 4.78 is 2.88. The highest BCUT2D eigenvalue weighted by atomic mass is 79.9. The summed E-state index contributed by atoms with van der Waals surface area (Å²) in [6.07, 6.45) is 5.52. The lowest BCUT2D eigenvalue weighted by Crippen LogP contribution is -2.03. The molecule has 0 aliphatic heterocycles. The molecule has 0 fully saturated rings. The molecule has 0 atom stereocenters. The Morgan fingerprint density at radius 2 is 2.06 bits per heavy atom. The summed E-state index contributed by atoms with van der Waals surface area (Å²) in [5.74, 6) is 0.220. The second kappa shape index (κ2) is 3.70. The Morgan fingerprint density at radius 3 is 2.94 bits per heavy atom. The maximum absolute atomic E-state index is 12.0. The number of Topliss-reactive ketones (excluding diaryl/α,β-unsaturated/α-hetero) is 1. The summed E-state index contributed by atoms with van der Waals surface area (Å²) in [5, 5.41) is 0. The minimum absolute atomic E-state index is 0.220. The number of imidazole rings is 1. The van der Waals surface area contributed by atoms with Gasteiger partial charge in [0.2, 0.25) is 0 Å². The monoisotopic (exact) mass is 278 g/mol. The fourth-order valence-corrected chi connectivity index (χ4v) is 2.57. The van der Waals surface area contributed by atoms with Crippen LogP contribution < -0.4 is 0 Å². The van der Waals surface area contributed by atoms with E-state index < -0.39 is 0 Å². The van der Waals surface area contributed by atoms with Crippen LogP contribution in [0.2, 0.25) is 0 Å². The van der Waals surface area contributed by atoms with Crippen molar-refractivity contribution < 1.29 is 4.79 Å². The molecular weight excluding hydrogens is 268 g/mol. The van der Waals surface area contributed by atoms with Crippen LogP contribution in [0.4, 0.5) is 0 Å². The molecule has 1 aliphatic rings. The topological polar surface area (TPSA) is 34.4 Å². The molecule has 0 aromatic carbocycles. The fourth-order valence-electron chi connectivity index (χ4n) is 2.23. The van der Waals surface area contributed by atoms with Crippen molar-refractivity contribution in [1.82, 2.24) is 9.38 Å². The lowest BCUT2D eigenvalue weighted by molar-refractivity contribution is 0.0976. The van der Waals surface area contributed by atoms with Crippen LogP contribution in [0.15, 0.2) is 22.8 Å². The van der Waals surface area contributed by atoms with Crippen molar-refractivity contribution in [3.63, 3.8) is 0 Å². The van der Waals surface area contributed by atoms with Crippen molar-refractivity contribution >= 4 is 27.4 Å².